The highest BCUT2D eigenvalue weighted by molar-refractivity contribution is 7.12. The number of rotatable bonds is 7. The standard InChI is InChI=1S/C14H24N2S/c1-6-7-16(5)10-13-8-14(17-12(13)4)9-15-11(2)3/h6,8,11,15H,1,7,9-10H2,2-5H3. The number of aryl methyl sites for hydroxylation is 1. The quantitative estimate of drug-likeness (QED) is 0.750. The van der Waals surface area contributed by atoms with Crippen LogP contribution in [0.3, 0.4) is 0 Å². The Balaban J connectivity index is 2.58. The maximum Gasteiger partial charge on any atom is 0.0302 e. The van der Waals surface area contributed by atoms with E-state index < -0.39 is 0 Å². The van der Waals surface area contributed by atoms with Crippen LogP contribution in [0, 0.1) is 6.92 Å². The largest absolute Gasteiger partial charge is 0.310 e. The maximum atomic E-state index is 3.77. The first kappa shape index (κ1) is 14.4. The molecule has 0 aliphatic heterocycles. The number of nitrogens with one attached hydrogen (secondary N) is 1. The highest BCUT2D eigenvalue weighted by Gasteiger charge is 2.07. The minimum Gasteiger partial charge on any atom is -0.310 e. The Morgan fingerprint density at radius 3 is 2.82 bits per heavy atom. The third-order valence-corrected chi connectivity index (χ3v) is 3.73. The van der Waals surface area contributed by atoms with Crippen molar-refractivity contribution in [3.63, 3.8) is 0 Å². The van der Waals surface area contributed by atoms with E-state index in [2.05, 4.69) is 50.7 Å². The molecule has 1 rings (SSSR count). The fraction of sp³-hybridized carbons (Fsp3) is 0.571. The third-order valence-electron chi connectivity index (χ3n) is 2.64. The molecule has 0 aliphatic rings. The zero-order valence-electron chi connectivity index (χ0n) is 11.4. The fourth-order valence-electron chi connectivity index (χ4n) is 1.71. The smallest absolute Gasteiger partial charge is 0.0302 e. The minimum atomic E-state index is 0.546. The molecule has 0 aliphatic carbocycles. The van der Waals surface area contributed by atoms with Crippen molar-refractivity contribution in [1.29, 1.82) is 0 Å². The summed E-state index contributed by atoms with van der Waals surface area (Å²) in [5.74, 6) is 0. The average molecular weight is 252 g/mol. The van der Waals surface area contributed by atoms with Crippen molar-refractivity contribution < 1.29 is 0 Å². The average Bonchev–Trinajstić information content (AvgIpc) is 2.57. The summed E-state index contributed by atoms with van der Waals surface area (Å²) >= 11 is 1.90. The molecule has 0 fully saturated rings. The lowest BCUT2D eigenvalue weighted by molar-refractivity contribution is 0.363. The molecule has 17 heavy (non-hydrogen) atoms. The molecule has 0 unspecified atom stereocenters. The van der Waals surface area contributed by atoms with Gasteiger partial charge in [0.25, 0.3) is 0 Å². The van der Waals surface area contributed by atoms with Crippen molar-refractivity contribution in [2.45, 2.75) is 39.9 Å². The molecular formula is C14H24N2S. The van der Waals surface area contributed by atoms with E-state index in [9.17, 15) is 0 Å². The molecule has 0 saturated carbocycles. The van der Waals surface area contributed by atoms with Crippen LogP contribution in [0.2, 0.25) is 0 Å². The first-order valence-electron chi connectivity index (χ1n) is 6.14. The maximum absolute atomic E-state index is 3.77. The summed E-state index contributed by atoms with van der Waals surface area (Å²) in [6, 6.07) is 2.87. The molecule has 0 amide bonds. The molecule has 0 saturated heterocycles. The van der Waals surface area contributed by atoms with Crippen LogP contribution in [0.25, 0.3) is 0 Å². The van der Waals surface area contributed by atoms with E-state index in [-0.39, 0.29) is 0 Å². The van der Waals surface area contributed by atoms with Crippen LogP contribution in [0.4, 0.5) is 0 Å². The molecule has 0 spiro atoms. The highest BCUT2D eigenvalue weighted by Crippen LogP contribution is 2.22. The number of thiophene rings is 1. The van der Waals surface area contributed by atoms with Gasteiger partial charge in [-0.05, 0) is 25.6 Å². The molecule has 0 aromatic carbocycles. The summed E-state index contributed by atoms with van der Waals surface area (Å²) in [5, 5.41) is 3.46. The van der Waals surface area contributed by atoms with E-state index in [1.807, 2.05) is 17.4 Å². The first-order valence-corrected chi connectivity index (χ1v) is 6.95. The fourth-order valence-corrected chi connectivity index (χ4v) is 2.72. The minimum absolute atomic E-state index is 0.546. The van der Waals surface area contributed by atoms with E-state index in [1.54, 1.807) is 0 Å². The van der Waals surface area contributed by atoms with Crippen LogP contribution in [0.1, 0.15) is 29.2 Å². The molecule has 1 N–H and O–H groups in total. The van der Waals surface area contributed by atoms with Gasteiger partial charge in [0.2, 0.25) is 0 Å². The predicted octanol–water partition coefficient (Wildman–Crippen LogP) is 3.17. The lowest BCUT2D eigenvalue weighted by atomic mass is 10.2. The van der Waals surface area contributed by atoms with Gasteiger partial charge in [-0.25, -0.2) is 0 Å². The molecule has 1 heterocycles. The van der Waals surface area contributed by atoms with Crippen LogP contribution in [-0.2, 0) is 13.1 Å². The second-order valence-electron chi connectivity index (χ2n) is 4.82. The van der Waals surface area contributed by atoms with Crippen LogP contribution >= 0.6 is 11.3 Å². The van der Waals surface area contributed by atoms with E-state index in [0.717, 1.165) is 19.6 Å². The van der Waals surface area contributed by atoms with Crippen LogP contribution < -0.4 is 5.32 Å². The highest BCUT2D eigenvalue weighted by atomic mass is 32.1. The normalized spacial score (nSPS) is 11.4. The Hall–Kier alpha value is -0.640. The van der Waals surface area contributed by atoms with Gasteiger partial charge in [0.15, 0.2) is 0 Å². The number of hydrogen-bond donors (Lipinski definition) is 1. The summed E-state index contributed by atoms with van der Waals surface area (Å²) in [6.07, 6.45) is 1.95. The monoisotopic (exact) mass is 252 g/mol. The summed E-state index contributed by atoms with van der Waals surface area (Å²) in [5.41, 5.74) is 1.44. The molecule has 1 aromatic heterocycles. The van der Waals surface area contributed by atoms with Crippen molar-refractivity contribution in [3.05, 3.63) is 34.0 Å². The molecule has 3 heteroatoms. The third kappa shape index (κ3) is 5.02. The van der Waals surface area contributed by atoms with E-state index in [1.165, 1.54) is 15.3 Å². The summed E-state index contributed by atoms with van der Waals surface area (Å²) in [4.78, 5) is 5.14. The zero-order chi connectivity index (χ0) is 12.8. The van der Waals surface area contributed by atoms with Gasteiger partial charge in [-0.3, -0.25) is 4.90 Å². The van der Waals surface area contributed by atoms with Gasteiger partial charge in [-0.2, -0.15) is 0 Å². The molecule has 1 aromatic rings. The Bertz CT molecular complexity index is 355. The van der Waals surface area contributed by atoms with Gasteiger partial charge in [-0.1, -0.05) is 19.9 Å². The summed E-state index contributed by atoms with van der Waals surface area (Å²) in [7, 11) is 2.13. The van der Waals surface area contributed by atoms with Crippen LogP contribution in [0.15, 0.2) is 18.7 Å². The van der Waals surface area contributed by atoms with E-state index >= 15 is 0 Å². The predicted molar refractivity (Wildman–Crippen MR) is 77.6 cm³/mol. The van der Waals surface area contributed by atoms with Gasteiger partial charge in [-0.15, -0.1) is 17.9 Å². The Kier molecular flexibility index (Phi) is 5.89. The van der Waals surface area contributed by atoms with Crippen LogP contribution in [0.5, 0.6) is 0 Å². The lowest BCUT2D eigenvalue weighted by Gasteiger charge is -2.13. The van der Waals surface area contributed by atoms with Gasteiger partial charge in [0.05, 0.1) is 0 Å². The van der Waals surface area contributed by atoms with Crippen molar-refractivity contribution in [3.8, 4) is 0 Å². The summed E-state index contributed by atoms with van der Waals surface area (Å²) < 4.78 is 0. The van der Waals surface area contributed by atoms with Gasteiger partial charge >= 0.3 is 0 Å². The zero-order valence-corrected chi connectivity index (χ0v) is 12.2. The van der Waals surface area contributed by atoms with E-state index in [0.29, 0.717) is 6.04 Å². The molecule has 96 valence electrons. The van der Waals surface area contributed by atoms with E-state index in [4.69, 9.17) is 0 Å². The van der Waals surface area contributed by atoms with Gasteiger partial charge in [0, 0.05) is 35.4 Å². The number of likely N-dealkylation sites (N-methyl/N-ethyl adjacent to an activating group) is 1. The van der Waals surface area contributed by atoms with Gasteiger partial charge in [0.1, 0.15) is 0 Å². The lowest BCUT2D eigenvalue weighted by Crippen LogP contribution is -2.21. The molecule has 2 nitrogen and oxygen atoms in total. The van der Waals surface area contributed by atoms with Gasteiger partial charge < -0.3 is 5.32 Å². The molecule has 0 radical (unpaired) electrons. The van der Waals surface area contributed by atoms with Crippen LogP contribution in [-0.4, -0.2) is 24.5 Å². The Labute approximate surface area is 109 Å². The molecule has 0 atom stereocenters. The van der Waals surface area contributed by atoms with Crippen molar-refractivity contribution in [1.82, 2.24) is 10.2 Å². The van der Waals surface area contributed by atoms with Crippen molar-refractivity contribution >= 4 is 11.3 Å². The molecule has 0 bridgehead atoms. The van der Waals surface area contributed by atoms with Crippen molar-refractivity contribution in [2.75, 3.05) is 13.6 Å². The second-order valence-corrected chi connectivity index (χ2v) is 6.16. The molecular weight excluding hydrogens is 228 g/mol. The number of nitrogens with zero attached hydrogens (tertiary/aromatic N) is 1. The SMILES string of the molecule is C=CCN(C)Cc1cc(CNC(C)C)sc1C. The Morgan fingerprint density at radius 1 is 1.53 bits per heavy atom. The topological polar surface area (TPSA) is 15.3 Å². The summed E-state index contributed by atoms with van der Waals surface area (Å²) in [6.45, 7) is 13.3. The first-order chi connectivity index (χ1) is 8.02. The Morgan fingerprint density at radius 2 is 2.24 bits per heavy atom. The number of hydrogen-bond acceptors (Lipinski definition) is 3. The van der Waals surface area contributed by atoms with Crippen molar-refractivity contribution in [2.24, 2.45) is 0 Å². The second kappa shape index (κ2) is 6.94.